The number of nitrogens with one attached hydrogen (secondary N) is 1. The smallest absolute Gasteiger partial charge is 0.328 e. The van der Waals surface area contributed by atoms with Crippen LogP contribution in [0.5, 0.6) is 0 Å². The molecule has 1 unspecified atom stereocenters. The Kier molecular flexibility index (Phi) is 6.11. The van der Waals surface area contributed by atoms with E-state index in [-0.39, 0.29) is 5.91 Å². The van der Waals surface area contributed by atoms with Gasteiger partial charge in [-0.25, -0.2) is 4.79 Å². The molecule has 1 amide bonds. The molecule has 20 heavy (non-hydrogen) atoms. The van der Waals surface area contributed by atoms with Crippen molar-refractivity contribution in [3.8, 4) is 0 Å². The second-order valence-electron chi connectivity index (χ2n) is 4.28. The Morgan fingerprint density at radius 3 is 2.70 bits per heavy atom. The number of carbonyl (C=O) groups excluding carboxylic acids is 1. The van der Waals surface area contributed by atoms with Crippen molar-refractivity contribution < 1.29 is 18.9 Å². The summed E-state index contributed by atoms with van der Waals surface area (Å²) in [6.07, 6.45) is 4.06. The molecule has 0 aromatic heterocycles. The Morgan fingerprint density at radius 2 is 2.10 bits per heavy atom. The zero-order valence-corrected chi connectivity index (χ0v) is 12.2. The van der Waals surface area contributed by atoms with Crippen molar-refractivity contribution in [3.05, 3.63) is 41.0 Å². The maximum absolute atomic E-state index is 11.9. The fourth-order valence-corrected chi connectivity index (χ4v) is 1.92. The van der Waals surface area contributed by atoms with Crippen molar-refractivity contribution in [1.29, 1.82) is 0 Å². The number of hydrogen-bond donors (Lipinski definition) is 2. The van der Waals surface area contributed by atoms with Gasteiger partial charge in [0.15, 0.2) is 0 Å². The van der Waals surface area contributed by atoms with Gasteiger partial charge in [-0.1, -0.05) is 6.07 Å². The number of amides is 1. The highest BCUT2D eigenvalue weighted by molar-refractivity contribution is 7.84. The summed E-state index contributed by atoms with van der Waals surface area (Å²) in [5, 5.41) is 11.3. The fraction of sp³-hybridized carbons (Fsp3) is 0.286. The van der Waals surface area contributed by atoms with Crippen LogP contribution in [0.3, 0.4) is 0 Å². The number of rotatable bonds is 6. The van der Waals surface area contributed by atoms with Gasteiger partial charge in [0.25, 0.3) is 5.91 Å². The Bertz CT molecular complexity index is 566. The van der Waals surface area contributed by atoms with Gasteiger partial charge in [-0.05, 0) is 36.3 Å². The molecule has 1 aromatic carbocycles. The first-order valence-electron chi connectivity index (χ1n) is 6.00. The van der Waals surface area contributed by atoms with Gasteiger partial charge in [-0.2, -0.15) is 0 Å². The van der Waals surface area contributed by atoms with Gasteiger partial charge in [0.05, 0.1) is 0 Å². The molecule has 5 nitrogen and oxygen atoms in total. The second-order valence-corrected chi connectivity index (χ2v) is 5.83. The Labute approximate surface area is 120 Å². The van der Waals surface area contributed by atoms with Gasteiger partial charge in [-0.15, -0.1) is 0 Å². The number of aliphatic carboxylic acids is 1. The highest BCUT2D eigenvalue weighted by atomic mass is 32.2. The number of carbonyl (C=O) groups is 2. The Balaban J connectivity index is 2.80. The monoisotopic (exact) mass is 295 g/mol. The molecule has 0 bridgehead atoms. The highest BCUT2D eigenvalue weighted by Gasteiger charge is 2.07. The average Bonchev–Trinajstić information content (AvgIpc) is 2.37. The molecule has 0 fully saturated rings. The van der Waals surface area contributed by atoms with E-state index in [9.17, 15) is 13.8 Å². The first kappa shape index (κ1) is 16.1. The first-order chi connectivity index (χ1) is 9.40. The van der Waals surface area contributed by atoms with Crippen molar-refractivity contribution >= 4 is 28.8 Å². The van der Waals surface area contributed by atoms with E-state index in [1.54, 1.807) is 24.5 Å². The summed E-state index contributed by atoms with van der Waals surface area (Å²) in [6, 6.07) is 5.06. The molecule has 0 saturated carbocycles. The molecule has 0 saturated heterocycles. The van der Waals surface area contributed by atoms with Crippen molar-refractivity contribution in [2.75, 3.05) is 18.6 Å². The molecule has 0 spiro atoms. The lowest BCUT2D eigenvalue weighted by Gasteiger charge is -2.07. The number of aryl methyl sites for hydroxylation is 1. The lowest BCUT2D eigenvalue weighted by Crippen LogP contribution is -2.27. The summed E-state index contributed by atoms with van der Waals surface area (Å²) in [5.41, 5.74) is 2.01. The lowest BCUT2D eigenvalue weighted by molar-refractivity contribution is -0.131. The molecule has 1 atom stereocenters. The van der Waals surface area contributed by atoms with Gasteiger partial charge < -0.3 is 10.4 Å². The van der Waals surface area contributed by atoms with E-state index in [2.05, 4.69) is 5.32 Å². The Hall–Kier alpha value is -1.95. The van der Waals surface area contributed by atoms with E-state index in [0.29, 0.717) is 23.4 Å². The molecule has 1 aromatic rings. The third kappa shape index (κ3) is 5.36. The molecule has 1 rings (SSSR count). The fourth-order valence-electron chi connectivity index (χ4n) is 1.53. The number of carboxylic acids is 1. The average molecular weight is 295 g/mol. The topological polar surface area (TPSA) is 83.5 Å². The van der Waals surface area contributed by atoms with Crippen LogP contribution in [0, 0.1) is 6.92 Å². The van der Waals surface area contributed by atoms with Gasteiger partial charge >= 0.3 is 5.97 Å². The zero-order valence-electron chi connectivity index (χ0n) is 11.4. The van der Waals surface area contributed by atoms with Crippen molar-refractivity contribution in [1.82, 2.24) is 5.32 Å². The minimum Gasteiger partial charge on any atom is -0.478 e. The minimum absolute atomic E-state index is 0.263. The van der Waals surface area contributed by atoms with E-state index < -0.39 is 16.8 Å². The van der Waals surface area contributed by atoms with Gasteiger partial charge in [0.1, 0.15) is 0 Å². The van der Waals surface area contributed by atoms with Crippen LogP contribution in [0.1, 0.15) is 21.5 Å². The number of carboxylic acid groups (broad SMARTS) is 1. The van der Waals surface area contributed by atoms with Crippen LogP contribution >= 0.6 is 0 Å². The largest absolute Gasteiger partial charge is 0.478 e. The van der Waals surface area contributed by atoms with Gasteiger partial charge in [-0.3, -0.25) is 9.00 Å². The SMILES string of the molecule is Cc1ccc(C(=O)NCCS(C)=O)cc1/C=C/C(=O)O. The molecule has 0 aliphatic carbocycles. The standard InChI is InChI=1S/C14H17NO4S/c1-10-3-4-12(9-11(10)5-6-13(16)17)14(18)15-7-8-20(2)19/h3-6,9H,7-8H2,1-2H3,(H,15,18)(H,16,17)/b6-5+. The second kappa shape index (κ2) is 7.59. The van der Waals surface area contributed by atoms with Crippen LogP contribution in [0.25, 0.3) is 6.08 Å². The third-order valence-corrected chi connectivity index (χ3v) is 3.40. The summed E-state index contributed by atoms with van der Waals surface area (Å²) in [5.74, 6) is -0.895. The van der Waals surface area contributed by atoms with Crippen LogP contribution in [-0.4, -0.2) is 39.7 Å². The normalized spacial score (nSPS) is 12.3. The van der Waals surface area contributed by atoms with E-state index in [1.165, 1.54) is 6.08 Å². The van der Waals surface area contributed by atoms with Crippen molar-refractivity contribution in [2.45, 2.75) is 6.92 Å². The maximum Gasteiger partial charge on any atom is 0.328 e. The minimum atomic E-state index is -1.04. The summed E-state index contributed by atoms with van der Waals surface area (Å²) < 4.78 is 10.9. The summed E-state index contributed by atoms with van der Waals surface area (Å²) in [4.78, 5) is 22.4. The molecule has 108 valence electrons. The predicted octanol–water partition coefficient (Wildman–Crippen LogP) is 1.20. The lowest BCUT2D eigenvalue weighted by atomic mass is 10.0. The summed E-state index contributed by atoms with van der Waals surface area (Å²) in [7, 11) is -0.946. The highest BCUT2D eigenvalue weighted by Crippen LogP contribution is 2.13. The van der Waals surface area contributed by atoms with E-state index >= 15 is 0 Å². The van der Waals surface area contributed by atoms with Crippen molar-refractivity contribution in [2.24, 2.45) is 0 Å². The molecule has 0 radical (unpaired) electrons. The van der Waals surface area contributed by atoms with Gasteiger partial charge in [0, 0.05) is 41.0 Å². The molecule has 0 heterocycles. The number of benzene rings is 1. The van der Waals surface area contributed by atoms with Crippen LogP contribution in [0.4, 0.5) is 0 Å². The quantitative estimate of drug-likeness (QED) is 0.772. The van der Waals surface area contributed by atoms with Gasteiger partial charge in [0.2, 0.25) is 0 Å². The molecule has 2 N–H and O–H groups in total. The third-order valence-electron chi connectivity index (χ3n) is 2.62. The van der Waals surface area contributed by atoms with Crippen LogP contribution < -0.4 is 5.32 Å². The van der Waals surface area contributed by atoms with Crippen LogP contribution in [0.2, 0.25) is 0 Å². The molecule has 0 aliphatic rings. The summed E-state index contributed by atoms with van der Waals surface area (Å²) >= 11 is 0. The van der Waals surface area contributed by atoms with Crippen molar-refractivity contribution in [3.63, 3.8) is 0 Å². The predicted molar refractivity (Wildman–Crippen MR) is 79.1 cm³/mol. The Morgan fingerprint density at radius 1 is 1.40 bits per heavy atom. The molecule has 6 heteroatoms. The first-order valence-corrected chi connectivity index (χ1v) is 7.72. The number of hydrogen-bond acceptors (Lipinski definition) is 3. The molecule has 0 aliphatic heterocycles. The van der Waals surface area contributed by atoms with E-state index in [0.717, 1.165) is 11.6 Å². The maximum atomic E-state index is 11.9. The molecular weight excluding hydrogens is 278 g/mol. The zero-order chi connectivity index (χ0) is 15.1. The molecular formula is C14H17NO4S. The van der Waals surface area contributed by atoms with Crippen LogP contribution in [0.15, 0.2) is 24.3 Å². The summed E-state index contributed by atoms with van der Waals surface area (Å²) in [6.45, 7) is 2.18. The van der Waals surface area contributed by atoms with Crippen LogP contribution in [-0.2, 0) is 15.6 Å². The van der Waals surface area contributed by atoms with E-state index in [1.807, 2.05) is 6.92 Å². The van der Waals surface area contributed by atoms with E-state index in [4.69, 9.17) is 5.11 Å².